The molecular weight excluding hydrogens is 286 g/mol. The quantitative estimate of drug-likeness (QED) is 0.903. The number of carbonyl (C=O) groups is 1. The van der Waals surface area contributed by atoms with Crippen molar-refractivity contribution >= 4 is 11.9 Å². The second-order valence-electron chi connectivity index (χ2n) is 4.85. The van der Waals surface area contributed by atoms with E-state index in [2.05, 4.69) is 10.3 Å². The van der Waals surface area contributed by atoms with Gasteiger partial charge in [-0.1, -0.05) is 0 Å². The minimum Gasteiger partial charge on any atom is -0.493 e. The van der Waals surface area contributed by atoms with E-state index in [1.165, 1.54) is 21.3 Å². The van der Waals surface area contributed by atoms with Crippen LogP contribution in [-0.2, 0) is 0 Å². The highest BCUT2D eigenvalue weighted by Gasteiger charge is 2.19. The number of amides is 1. The molecular formula is C15H21N3O4. The number of hydrogen-bond donors (Lipinski definition) is 1. The highest BCUT2D eigenvalue weighted by molar-refractivity contribution is 6.06. The van der Waals surface area contributed by atoms with Crippen molar-refractivity contribution in [1.82, 2.24) is 10.2 Å². The maximum absolute atomic E-state index is 12.4. The number of guanidine groups is 1. The molecule has 0 aromatic heterocycles. The fourth-order valence-corrected chi connectivity index (χ4v) is 2.24. The van der Waals surface area contributed by atoms with E-state index in [-0.39, 0.29) is 5.91 Å². The Hall–Kier alpha value is -2.44. The summed E-state index contributed by atoms with van der Waals surface area (Å²) in [4.78, 5) is 18.7. The molecule has 0 saturated carbocycles. The Morgan fingerprint density at radius 2 is 1.82 bits per heavy atom. The Kier molecular flexibility index (Phi) is 5.08. The van der Waals surface area contributed by atoms with Gasteiger partial charge in [-0.15, -0.1) is 0 Å². The summed E-state index contributed by atoms with van der Waals surface area (Å²) in [6, 6.07) is 3.22. The normalized spacial score (nSPS) is 14.2. The molecule has 1 amide bonds. The second-order valence-corrected chi connectivity index (χ2v) is 4.85. The fourth-order valence-electron chi connectivity index (χ4n) is 2.24. The summed E-state index contributed by atoms with van der Waals surface area (Å²) >= 11 is 0. The molecule has 1 N–H and O–H groups in total. The highest BCUT2D eigenvalue weighted by atomic mass is 16.5. The van der Waals surface area contributed by atoms with Crippen molar-refractivity contribution in [2.75, 3.05) is 41.5 Å². The van der Waals surface area contributed by atoms with Crippen LogP contribution in [0.2, 0.25) is 0 Å². The van der Waals surface area contributed by atoms with Crippen molar-refractivity contribution in [2.24, 2.45) is 4.99 Å². The average molecular weight is 307 g/mol. The molecule has 0 spiro atoms. The number of nitrogens with zero attached hydrogens (tertiary/aromatic N) is 2. The maximum Gasteiger partial charge on any atom is 0.258 e. The number of nitrogens with one attached hydrogen (secondary N) is 1. The summed E-state index contributed by atoms with van der Waals surface area (Å²) in [5.74, 6) is 1.63. The Morgan fingerprint density at radius 3 is 2.32 bits per heavy atom. The van der Waals surface area contributed by atoms with Crippen LogP contribution in [0.15, 0.2) is 17.1 Å². The van der Waals surface area contributed by atoms with E-state index in [1.54, 1.807) is 12.1 Å². The smallest absolute Gasteiger partial charge is 0.258 e. The van der Waals surface area contributed by atoms with Crippen LogP contribution < -0.4 is 19.5 Å². The van der Waals surface area contributed by atoms with Gasteiger partial charge in [-0.05, 0) is 18.6 Å². The van der Waals surface area contributed by atoms with Gasteiger partial charge in [0, 0.05) is 25.7 Å². The standard InChI is InChI=1S/C15H21N3O4/c1-18-7-5-6-16-15(18)17-14(19)10-8-11(20-2)13(22-4)12(9-10)21-3/h8-9H,5-7H2,1-4H3,(H,16,17,19). The molecule has 2 rings (SSSR count). The van der Waals surface area contributed by atoms with Crippen LogP contribution in [0.3, 0.4) is 0 Å². The third kappa shape index (κ3) is 3.24. The SMILES string of the molecule is COc1cc(C(=O)NC2=NCCCN2C)cc(OC)c1OC. The van der Waals surface area contributed by atoms with Crippen molar-refractivity contribution in [3.05, 3.63) is 17.7 Å². The third-order valence-corrected chi connectivity index (χ3v) is 3.43. The van der Waals surface area contributed by atoms with Crippen LogP contribution in [0.1, 0.15) is 16.8 Å². The molecule has 7 heteroatoms. The number of benzene rings is 1. The fraction of sp³-hybridized carbons (Fsp3) is 0.467. The van der Waals surface area contributed by atoms with Crippen LogP contribution in [0.4, 0.5) is 0 Å². The van der Waals surface area contributed by atoms with E-state index < -0.39 is 0 Å². The van der Waals surface area contributed by atoms with E-state index in [9.17, 15) is 4.79 Å². The molecule has 1 heterocycles. The molecule has 0 atom stereocenters. The van der Waals surface area contributed by atoms with Gasteiger partial charge in [-0.25, -0.2) is 0 Å². The number of hydrogen-bond acceptors (Lipinski definition) is 6. The predicted octanol–water partition coefficient (Wildman–Crippen LogP) is 1.13. The Bertz CT molecular complexity index is 561. The maximum atomic E-state index is 12.4. The monoisotopic (exact) mass is 307 g/mol. The van der Waals surface area contributed by atoms with E-state index in [1.807, 2.05) is 11.9 Å². The molecule has 0 fully saturated rings. The third-order valence-electron chi connectivity index (χ3n) is 3.43. The average Bonchev–Trinajstić information content (AvgIpc) is 2.55. The van der Waals surface area contributed by atoms with E-state index >= 15 is 0 Å². The lowest BCUT2D eigenvalue weighted by atomic mass is 10.1. The van der Waals surface area contributed by atoms with Crippen LogP contribution >= 0.6 is 0 Å². The summed E-state index contributed by atoms with van der Waals surface area (Å²) in [6.45, 7) is 1.59. The molecule has 0 aliphatic carbocycles. The molecule has 7 nitrogen and oxygen atoms in total. The zero-order valence-corrected chi connectivity index (χ0v) is 13.3. The zero-order chi connectivity index (χ0) is 16.1. The van der Waals surface area contributed by atoms with Crippen LogP contribution in [0.25, 0.3) is 0 Å². The first-order valence-electron chi connectivity index (χ1n) is 6.97. The van der Waals surface area contributed by atoms with E-state index in [0.29, 0.717) is 28.8 Å². The van der Waals surface area contributed by atoms with Crippen LogP contribution in [-0.4, -0.2) is 58.2 Å². The molecule has 1 aromatic carbocycles. The molecule has 0 radical (unpaired) electrons. The lowest BCUT2D eigenvalue weighted by molar-refractivity contribution is 0.0971. The minimum atomic E-state index is -0.272. The van der Waals surface area contributed by atoms with Crippen molar-refractivity contribution in [3.8, 4) is 17.2 Å². The largest absolute Gasteiger partial charge is 0.493 e. The van der Waals surface area contributed by atoms with Gasteiger partial charge in [0.05, 0.1) is 21.3 Å². The minimum absolute atomic E-state index is 0.272. The van der Waals surface area contributed by atoms with Crippen molar-refractivity contribution < 1.29 is 19.0 Å². The van der Waals surface area contributed by atoms with Gasteiger partial charge in [0.25, 0.3) is 5.91 Å². The van der Waals surface area contributed by atoms with Gasteiger partial charge < -0.3 is 19.1 Å². The van der Waals surface area contributed by atoms with Gasteiger partial charge in [0.15, 0.2) is 11.5 Å². The summed E-state index contributed by atoms with van der Waals surface area (Å²) < 4.78 is 15.8. The summed E-state index contributed by atoms with van der Waals surface area (Å²) in [6.07, 6.45) is 0.986. The molecule has 22 heavy (non-hydrogen) atoms. The summed E-state index contributed by atoms with van der Waals surface area (Å²) in [7, 11) is 6.44. The molecule has 0 unspecified atom stereocenters. The van der Waals surface area contributed by atoms with Crippen LogP contribution in [0, 0.1) is 0 Å². The topological polar surface area (TPSA) is 72.4 Å². The van der Waals surface area contributed by atoms with E-state index in [4.69, 9.17) is 14.2 Å². The zero-order valence-electron chi connectivity index (χ0n) is 13.3. The summed E-state index contributed by atoms with van der Waals surface area (Å²) in [5, 5.41) is 2.81. The van der Waals surface area contributed by atoms with Gasteiger partial charge >= 0.3 is 0 Å². The van der Waals surface area contributed by atoms with Gasteiger partial charge in [-0.3, -0.25) is 15.1 Å². The lowest BCUT2D eigenvalue weighted by Gasteiger charge is -2.25. The molecule has 1 aromatic rings. The first kappa shape index (κ1) is 15.9. The number of methoxy groups -OCH3 is 3. The van der Waals surface area contributed by atoms with Gasteiger partial charge in [-0.2, -0.15) is 0 Å². The highest BCUT2D eigenvalue weighted by Crippen LogP contribution is 2.38. The second kappa shape index (κ2) is 7.02. The Balaban J connectivity index is 2.27. The van der Waals surface area contributed by atoms with E-state index in [0.717, 1.165) is 19.5 Å². The molecule has 1 aliphatic rings. The Morgan fingerprint density at radius 1 is 1.18 bits per heavy atom. The van der Waals surface area contributed by atoms with Crippen LogP contribution in [0.5, 0.6) is 17.2 Å². The lowest BCUT2D eigenvalue weighted by Crippen LogP contribution is -2.44. The number of carbonyl (C=O) groups excluding carboxylic acids is 1. The van der Waals surface area contributed by atoms with Crippen molar-refractivity contribution in [3.63, 3.8) is 0 Å². The first-order chi connectivity index (χ1) is 10.6. The molecule has 0 saturated heterocycles. The number of rotatable bonds is 4. The predicted molar refractivity (Wildman–Crippen MR) is 83.1 cm³/mol. The molecule has 0 bridgehead atoms. The van der Waals surface area contributed by atoms with Gasteiger partial charge in [0.1, 0.15) is 0 Å². The number of ether oxygens (including phenoxy) is 3. The number of aliphatic imine (C=N–C) groups is 1. The van der Waals surface area contributed by atoms with Crippen molar-refractivity contribution in [1.29, 1.82) is 0 Å². The van der Waals surface area contributed by atoms with Crippen molar-refractivity contribution in [2.45, 2.75) is 6.42 Å². The van der Waals surface area contributed by atoms with Gasteiger partial charge in [0.2, 0.25) is 11.7 Å². The Labute approximate surface area is 129 Å². The molecule has 120 valence electrons. The summed E-state index contributed by atoms with van der Waals surface area (Å²) in [5.41, 5.74) is 0.413. The molecule has 1 aliphatic heterocycles. The first-order valence-corrected chi connectivity index (χ1v) is 6.97.